The predicted octanol–water partition coefficient (Wildman–Crippen LogP) is 4.19. The number of rotatable bonds is 2. The number of anilines is 1. The van der Waals surface area contributed by atoms with E-state index in [9.17, 15) is 9.59 Å². The number of carbonyl (C=O) groups excluding carboxylic acids is 2. The number of hydrogen-bond donors (Lipinski definition) is 1. The van der Waals surface area contributed by atoms with Crippen LogP contribution in [0.1, 0.15) is 16.6 Å². The van der Waals surface area contributed by atoms with Crippen LogP contribution in [-0.2, 0) is 9.59 Å². The Balaban J connectivity index is 1.66. The van der Waals surface area contributed by atoms with E-state index in [1.807, 2.05) is 24.3 Å². The summed E-state index contributed by atoms with van der Waals surface area (Å²) in [5.74, 6) is -0.515. The zero-order valence-corrected chi connectivity index (χ0v) is 15.7. The molecule has 2 aromatic heterocycles. The third-order valence-corrected chi connectivity index (χ3v) is 7.44. The van der Waals surface area contributed by atoms with E-state index in [-0.39, 0.29) is 17.7 Å². The van der Waals surface area contributed by atoms with Crippen LogP contribution >= 0.6 is 35.3 Å². The highest BCUT2D eigenvalue weighted by Crippen LogP contribution is 2.53. The number of imide groups is 1. The third-order valence-electron chi connectivity index (χ3n) is 4.69. The summed E-state index contributed by atoms with van der Waals surface area (Å²) >= 11 is 8.13. The Morgan fingerprint density at radius 3 is 2.62 bits per heavy atom. The molecule has 8 heteroatoms. The number of para-hydroxylation sites is 1. The van der Waals surface area contributed by atoms with Gasteiger partial charge in [0.25, 0.3) is 0 Å². The van der Waals surface area contributed by atoms with Gasteiger partial charge in [0.15, 0.2) is 3.95 Å². The van der Waals surface area contributed by atoms with Crippen molar-refractivity contribution in [1.82, 2.24) is 4.98 Å². The number of nitrogens with one attached hydrogen (secondary N) is 1. The molecule has 3 unspecified atom stereocenters. The Kier molecular flexibility index (Phi) is 3.66. The molecule has 1 N–H and O–H groups in total. The van der Waals surface area contributed by atoms with Crippen molar-refractivity contribution in [2.75, 3.05) is 4.90 Å². The van der Waals surface area contributed by atoms with Gasteiger partial charge in [0, 0.05) is 4.88 Å². The number of furan rings is 1. The van der Waals surface area contributed by atoms with Crippen LogP contribution in [0.4, 0.5) is 5.69 Å². The number of H-pyrrole nitrogens is 1. The number of thiazole rings is 1. The zero-order valence-electron chi connectivity index (χ0n) is 13.2. The molecule has 2 aliphatic rings. The lowest BCUT2D eigenvalue weighted by Gasteiger charge is -2.27. The van der Waals surface area contributed by atoms with Gasteiger partial charge in [0.1, 0.15) is 11.0 Å². The van der Waals surface area contributed by atoms with Crippen molar-refractivity contribution in [2.45, 2.75) is 16.2 Å². The van der Waals surface area contributed by atoms with Crippen molar-refractivity contribution in [3.63, 3.8) is 0 Å². The maximum atomic E-state index is 13.3. The highest BCUT2D eigenvalue weighted by molar-refractivity contribution is 8.01. The number of amides is 2. The fourth-order valence-electron chi connectivity index (χ4n) is 3.62. The van der Waals surface area contributed by atoms with E-state index in [0.717, 1.165) is 9.90 Å². The van der Waals surface area contributed by atoms with Crippen LogP contribution in [-0.4, -0.2) is 22.0 Å². The first-order valence-electron chi connectivity index (χ1n) is 8.01. The predicted molar refractivity (Wildman–Crippen MR) is 102 cm³/mol. The first-order valence-corrected chi connectivity index (χ1v) is 10.1. The lowest BCUT2D eigenvalue weighted by Crippen LogP contribution is -2.32. The van der Waals surface area contributed by atoms with Crippen LogP contribution in [0.2, 0.25) is 0 Å². The molecule has 0 saturated carbocycles. The maximum Gasteiger partial charge on any atom is 0.248 e. The molecule has 2 aliphatic heterocycles. The summed E-state index contributed by atoms with van der Waals surface area (Å²) < 4.78 is 6.28. The topological polar surface area (TPSA) is 66.3 Å². The number of benzene rings is 1. The molecule has 0 radical (unpaired) electrons. The van der Waals surface area contributed by atoms with Crippen LogP contribution in [0.25, 0.3) is 0 Å². The fourth-order valence-corrected chi connectivity index (χ4v) is 6.56. The standard InChI is InChI=1S/C18H12N2O3S3/c21-16-12-11(10-7-4-8-23-10)13-15(19-18(24)26-13)25-14(12)17(22)20(16)9-5-2-1-3-6-9/h1-8,11-12,14H,(H,19,24). The van der Waals surface area contributed by atoms with Crippen LogP contribution in [0.5, 0.6) is 0 Å². The van der Waals surface area contributed by atoms with Gasteiger partial charge in [0.05, 0.1) is 28.8 Å². The van der Waals surface area contributed by atoms with Gasteiger partial charge in [-0.1, -0.05) is 30.0 Å². The average Bonchev–Trinajstić information content (AvgIpc) is 3.34. The second kappa shape index (κ2) is 5.94. The minimum absolute atomic E-state index is 0.190. The van der Waals surface area contributed by atoms with Crippen molar-refractivity contribution >= 4 is 52.8 Å². The smallest absolute Gasteiger partial charge is 0.248 e. The van der Waals surface area contributed by atoms with Crippen LogP contribution < -0.4 is 4.90 Å². The summed E-state index contributed by atoms with van der Waals surface area (Å²) in [5, 5.41) is 0.365. The third kappa shape index (κ3) is 2.26. The fraction of sp³-hybridized carbons (Fsp3) is 0.167. The molecule has 4 heterocycles. The molecule has 26 heavy (non-hydrogen) atoms. The van der Waals surface area contributed by atoms with E-state index in [1.54, 1.807) is 24.5 Å². The number of carbonyl (C=O) groups is 2. The number of aromatic nitrogens is 1. The zero-order chi connectivity index (χ0) is 17.8. The molecule has 0 aliphatic carbocycles. The molecule has 0 spiro atoms. The van der Waals surface area contributed by atoms with Crippen molar-refractivity contribution in [2.24, 2.45) is 5.92 Å². The van der Waals surface area contributed by atoms with E-state index >= 15 is 0 Å². The maximum absolute atomic E-state index is 13.3. The molecule has 0 bridgehead atoms. The number of nitrogens with zero attached hydrogens (tertiary/aromatic N) is 1. The summed E-state index contributed by atoms with van der Waals surface area (Å²) in [4.78, 5) is 31.8. The Bertz CT molecular complexity index is 1060. The largest absolute Gasteiger partial charge is 0.469 e. The molecule has 130 valence electrons. The van der Waals surface area contributed by atoms with Gasteiger partial charge in [0.2, 0.25) is 11.8 Å². The number of fused-ring (bicyclic) bond motifs is 2. The summed E-state index contributed by atoms with van der Waals surface area (Å²) in [7, 11) is 0. The Morgan fingerprint density at radius 2 is 1.88 bits per heavy atom. The van der Waals surface area contributed by atoms with E-state index in [2.05, 4.69) is 4.98 Å². The quantitative estimate of drug-likeness (QED) is 0.516. The van der Waals surface area contributed by atoms with Crippen molar-refractivity contribution in [3.05, 3.63) is 63.3 Å². The normalized spacial score (nSPS) is 24.6. The van der Waals surface area contributed by atoms with E-state index in [1.165, 1.54) is 28.0 Å². The highest BCUT2D eigenvalue weighted by Gasteiger charge is 2.56. The number of aromatic amines is 1. The first kappa shape index (κ1) is 16.0. The SMILES string of the molecule is O=C1C2Sc3[nH]c(=S)sc3C(c3ccco3)C2C(=O)N1c1ccccc1. The number of thioether (sulfide) groups is 1. The molecule has 3 aromatic rings. The van der Waals surface area contributed by atoms with Gasteiger partial charge >= 0.3 is 0 Å². The van der Waals surface area contributed by atoms with Gasteiger partial charge in [-0.3, -0.25) is 9.59 Å². The Morgan fingerprint density at radius 1 is 1.08 bits per heavy atom. The Hall–Kier alpha value is -2.16. The van der Waals surface area contributed by atoms with Crippen molar-refractivity contribution in [1.29, 1.82) is 0 Å². The molecule has 3 atom stereocenters. The Labute approximate surface area is 162 Å². The first-order chi connectivity index (χ1) is 12.6. The monoisotopic (exact) mass is 400 g/mol. The van der Waals surface area contributed by atoms with Crippen LogP contribution in [0, 0.1) is 9.87 Å². The minimum atomic E-state index is -0.507. The van der Waals surface area contributed by atoms with Crippen LogP contribution in [0.3, 0.4) is 0 Å². The summed E-state index contributed by atoms with van der Waals surface area (Å²) in [6, 6.07) is 12.7. The van der Waals surface area contributed by atoms with Gasteiger partial charge in [-0.25, -0.2) is 4.90 Å². The van der Waals surface area contributed by atoms with E-state index in [4.69, 9.17) is 16.6 Å². The second-order valence-electron chi connectivity index (χ2n) is 6.11. The summed E-state index contributed by atoms with van der Waals surface area (Å²) in [6.45, 7) is 0. The van der Waals surface area contributed by atoms with E-state index in [0.29, 0.717) is 15.4 Å². The summed E-state index contributed by atoms with van der Waals surface area (Å²) in [5.41, 5.74) is 0.604. The molecule has 1 fully saturated rings. The van der Waals surface area contributed by atoms with Gasteiger partial charge in [-0.2, -0.15) is 0 Å². The van der Waals surface area contributed by atoms with Crippen LogP contribution in [0.15, 0.2) is 58.2 Å². The lowest BCUT2D eigenvalue weighted by atomic mass is 9.87. The summed E-state index contributed by atoms with van der Waals surface area (Å²) in [6.07, 6.45) is 1.59. The molecule has 5 rings (SSSR count). The molecular formula is C18H12N2O3S3. The second-order valence-corrected chi connectivity index (χ2v) is 8.98. The van der Waals surface area contributed by atoms with Gasteiger partial charge in [-0.05, 0) is 36.5 Å². The molecule has 5 nitrogen and oxygen atoms in total. The van der Waals surface area contributed by atoms with Gasteiger partial charge in [-0.15, -0.1) is 11.3 Å². The molecule has 1 saturated heterocycles. The molecule has 1 aromatic carbocycles. The minimum Gasteiger partial charge on any atom is -0.469 e. The highest BCUT2D eigenvalue weighted by atomic mass is 32.2. The van der Waals surface area contributed by atoms with Gasteiger partial charge < -0.3 is 9.40 Å². The number of hydrogen-bond acceptors (Lipinski definition) is 6. The van der Waals surface area contributed by atoms with E-state index < -0.39 is 11.2 Å². The van der Waals surface area contributed by atoms with Crippen molar-refractivity contribution < 1.29 is 14.0 Å². The molecule has 2 amide bonds. The molecular weight excluding hydrogens is 388 g/mol. The average molecular weight is 401 g/mol. The lowest BCUT2D eigenvalue weighted by molar-refractivity contribution is -0.122. The van der Waals surface area contributed by atoms with Crippen molar-refractivity contribution in [3.8, 4) is 0 Å².